The zero-order valence-corrected chi connectivity index (χ0v) is 34.2. The fraction of sp³-hybridized carbons (Fsp3) is 0.234. The third kappa shape index (κ3) is 7.29. The summed E-state index contributed by atoms with van der Waals surface area (Å²) < 4.78 is 1.06. The summed E-state index contributed by atoms with van der Waals surface area (Å²) in [6.07, 6.45) is 1.89. The molecule has 0 spiro atoms. The molecule has 1 N–H and O–H groups in total. The van der Waals surface area contributed by atoms with E-state index in [0.29, 0.717) is 5.75 Å². The molecule has 0 radical (unpaired) electrons. The third-order valence-electron chi connectivity index (χ3n) is 9.95. The Hall–Kier alpha value is -4.37. The van der Waals surface area contributed by atoms with Gasteiger partial charge in [-0.1, -0.05) is 151 Å². The number of pyridine rings is 1. The van der Waals surface area contributed by atoms with Crippen molar-refractivity contribution in [1.29, 1.82) is 0 Å². The number of fused-ring (bicyclic) bond motifs is 1. The Morgan fingerprint density at radius 2 is 1.27 bits per heavy atom. The predicted octanol–water partition coefficient (Wildman–Crippen LogP) is 12.8. The van der Waals surface area contributed by atoms with E-state index in [2.05, 4.69) is 171 Å². The Balaban J connectivity index is 0.00000464. The van der Waals surface area contributed by atoms with Crippen molar-refractivity contribution in [2.45, 2.75) is 71.6 Å². The summed E-state index contributed by atoms with van der Waals surface area (Å²) in [5, 5.41) is 12.5. The molecule has 0 aliphatic heterocycles. The number of aromatic hydroxyl groups is 1. The van der Waals surface area contributed by atoms with Crippen molar-refractivity contribution >= 4 is 21.6 Å². The van der Waals surface area contributed by atoms with Gasteiger partial charge in [-0.25, -0.2) is 4.98 Å². The van der Waals surface area contributed by atoms with Crippen molar-refractivity contribution in [3.8, 4) is 49.8 Å². The molecule has 5 aromatic carbocycles. The summed E-state index contributed by atoms with van der Waals surface area (Å²) >= 11 is 1.62. The van der Waals surface area contributed by atoms with E-state index in [1.54, 1.807) is 11.3 Å². The molecule has 52 heavy (non-hydrogen) atoms. The van der Waals surface area contributed by atoms with Crippen LogP contribution in [0.4, 0.5) is 0 Å². The van der Waals surface area contributed by atoms with Crippen molar-refractivity contribution in [2.75, 3.05) is 0 Å². The van der Waals surface area contributed by atoms with Gasteiger partial charge in [-0.2, -0.15) is 0 Å². The third-order valence-corrected chi connectivity index (χ3v) is 11.0. The number of phenols is 1. The zero-order chi connectivity index (χ0) is 36.1. The van der Waals surface area contributed by atoms with E-state index >= 15 is 0 Å². The second kappa shape index (κ2) is 14.2. The number of para-hydroxylation sites is 1. The maximum absolute atomic E-state index is 11.7. The molecule has 7 aromatic rings. The molecule has 7 rings (SSSR count). The minimum absolute atomic E-state index is 0. The summed E-state index contributed by atoms with van der Waals surface area (Å²) in [5.41, 5.74) is 11.6. The van der Waals surface area contributed by atoms with Crippen LogP contribution >= 0.6 is 11.3 Å². The molecule has 266 valence electrons. The number of aromatic nitrogens is 2. The minimum atomic E-state index is -0.291. The monoisotopic (exact) mass is 880 g/mol. The average Bonchev–Trinajstić information content (AvgIpc) is 3.56. The van der Waals surface area contributed by atoms with E-state index in [1.807, 2.05) is 12.3 Å². The number of nitrogens with zero attached hydrogens (tertiary/aromatic N) is 2. The summed E-state index contributed by atoms with van der Waals surface area (Å²) in [5.74, 6) is 0.306. The van der Waals surface area contributed by atoms with E-state index in [1.165, 1.54) is 16.7 Å². The number of benzene rings is 5. The van der Waals surface area contributed by atoms with E-state index < -0.39 is 0 Å². The van der Waals surface area contributed by atoms with E-state index in [9.17, 15) is 5.11 Å². The van der Waals surface area contributed by atoms with E-state index in [0.717, 1.165) is 59.9 Å². The molecule has 2 aromatic heterocycles. The van der Waals surface area contributed by atoms with Crippen LogP contribution in [0.3, 0.4) is 0 Å². The van der Waals surface area contributed by atoms with Gasteiger partial charge in [0.1, 0.15) is 10.8 Å². The van der Waals surface area contributed by atoms with Crippen molar-refractivity contribution in [3.63, 3.8) is 0 Å². The van der Waals surface area contributed by atoms with E-state index in [-0.39, 0.29) is 37.3 Å². The minimum Gasteiger partial charge on any atom is -0.507 e. The van der Waals surface area contributed by atoms with Crippen LogP contribution in [0.5, 0.6) is 5.75 Å². The van der Waals surface area contributed by atoms with Crippen LogP contribution < -0.4 is 0 Å². The van der Waals surface area contributed by atoms with Crippen molar-refractivity contribution in [1.82, 2.24) is 9.97 Å². The van der Waals surface area contributed by atoms with Gasteiger partial charge in [0, 0.05) is 48.6 Å². The number of hydrogen-bond acceptors (Lipinski definition) is 4. The Labute approximate surface area is 327 Å². The molecular formula is C47H45N2OPtS-. The Morgan fingerprint density at radius 1 is 0.596 bits per heavy atom. The van der Waals surface area contributed by atoms with Gasteiger partial charge in [-0.15, -0.1) is 40.7 Å². The smallest absolute Gasteiger partial charge is 0.129 e. The number of thiazole rings is 1. The summed E-state index contributed by atoms with van der Waals surface area (Å²) in [4.78, 5) is 10.2. The second-order valence-electron chi connectivity index (χ2n) is 16.1. The summed E-state index contributed by atoms with van der Waals surface area (Å²) in [7, 11) is 0. The summed E-state index contributed by atoms with van der Waals surface area (Å²) in [6.45, 7) is 17.6. The molecule has 0 aliphatic rings. The fourth-order valence-electron chi connectivity index (χ4n) is 6.71. The maximum atomic E-state index is 11.7. The molecule has 0 saturated heterocycles. The standard InChI is InChI=1S/C47H45N2OS.Pt/c1-45(2,3)35-28-38(43(50)39(29-35)46(4,5)6)44-49-42-37(20-15-21-41(42)51-44)32-24-33(26-36(25-32)47(7,8)34-18-13-10-14-19-34)40-27-31(22-23-48-40)30-16-11-9-12-17-30;/h9-23,25-29,50H,1-8H3;/q-1;. The van der Waals surface area contributed by atoms with Crippen molar-refractivity contribution < 1.29 is 26.2 Å². The second-order valence-corrected chi connectivity index (χ2v) is 17.1. The van der Waals surface area contributed by atoms with E-state index in [4.69, 9.17) is 9.97 Å². The fourth-order valence-corrected chi connectivity index (χ4v) is 7.72. The number of phenolic OH excluding ortho intramolecular Hbond substituents is 1. The van der Waals surface area contributed by atoms with Crippen LogP contribution in [0, 0.1) is 6.07 Å². The van der Waals surface area contributed by atoms with Crippen LogP contribution in [-0.4, -0.2) is 15.1 Å². The molecule has 2 heterocycles. The Bertz CT molecular complexity index is 2360. The predicted molar refractivity (Wildman–Crippen MR) is 216 cm³/mol. The normalized spacial score (nSPS) is 12.2. The molecule has 5 heteroatoms. The van der Waals surface area contributed by atoms with Crippen LogP contribution in [0.15, 0.2) is 121 Å². The van der Waals surface area contributed by atoms with Gasteiger partial charge in [0.25, 0.3) is 0 Å². The largest absolute Gasteiger partial charge is 0.507 e. The van der Waals surface area contributed by atoms with Crippen molar-refractivity contribution in [3.05, 3.63) is 150 Å². The van der Waals surface area contributed by atoms with Crippen LogP contribution in [0.25, 0.3) is 54.3 Å². The molecule has 0 fully saturated rings. The molecule has 0 atom stereocenters. The molecule has 0 amide bonds. The number of hydrogen-bond donors (Lipinski definition) is 1. The van der Waals surface area contributed by atoms with Gasteiger partial charge in [-0.3, -0.25) is 4.98 Å². The first-order valence-electron chi connectivity index (χ1n) is 17.6. The number of rotatable bonds is 6. The quantitative estimate of drug-likeness (QED) is 0.169. The SMILES string of the molecule is CC(C)(C)c1cc(-c2nc3c(-c4[c-]c(-c5cc(-c6ccccc6)ccn5)cc(C(C)(C)c5ccccc5)c4)cccc3s2)c(O)c(C(C)(C)C)c1.[Pt]. The topological polar surface area (TPSA) is 46.0 Å². The van der Waals surface area contributed by atoms with Gasteiger partial charge in [-0.05, 0) is 51.3 Å². The molecule has 0 unspecified atom stereocenters. The summed E-state index contributed by atoms with van der Waals surface area (Å²) in [6, 6.07) is 44.2. The molecule has 0 aliphatic carbocycles. The van der Waals surface area contributed by atoms with Gasteiger partial charge in [0.05, 0.1) is 11.1 Å². The van der Waals surface area contributed by atoms with Gasteiger partial charge >= 0.3 is 0 Å². The molecule has 3 nitrogen and oxygen atoms in total. The first-order chi connectivity index (χ1) is 24.2. The average molecular weight is 881 g/mol. The van der Waals surface area contributed by atoms with Crippen molar-refractivity contribution in [2.24, 2.45) is 0 Å². The van der Waals surface area contributed by atoms with Crippen LogP contribution in [0.1, 0.15) is 77.6 Å². The van der Waals surface area contributed by atoms with Crippen LogP contribution in [-0.2, 0) is 37.3 Å². The molecule has 0 saturated carbocycles. The maximum Gasteiger partial charge on any atom is 0.129 e. The Kier molecular flexibility index (Phi) is 10.2. The Morgan fingerprint density at radius 3 is 1.94 bits per heavy atom. The van der Waals surface area contributed by atoms with Gasteiger partial charge < -0.3 is 5.11 Å². The molecule has 0 bridgehead atoms. The molecular weight excluding hydrogens is 836 g/mol. The van der Waals surface area contributed by atoms with Crippen LogP contribution in [0.2, 0.25) is 0 Å². The zero-order valence-electron chi connectivity index (χ0n) is 31.1. The van der Waals surface area contributed by atoms with Gasteiger partial charge in [0.15, 0.2) is 0 Å². The van der Waals surface area contributed by atoms with Gasteiger partial charge in [0.2, 0.25) is 0 Å². The first-order valence-corrected chi connectivity index (χ1v) is 18.5. The first kappa shape index (κ1) is 37.4.